The van der Waals surface area contributed by atoms with Gasteiger partial charge in [0.15, 0.2) is 0 Å². The highest BCUT2D eigenvalue weighted by atomic mass is 16.5. The van der Waals surface area contributed by atoms with Crippen molar-refractivity contribution in [1.82, 2.24) is 0 Å². The third-order valence-electron chi connectivity index (χ3n) is 1.54. The van der Waals surface area contributed by atoms with E-state index < -0.39 is 0 Å². The van der Waals surface area contributed by atoms with Crippen molar-refractivity contribution in [3.05, 3.63) is 0 Å². The maximum atomic E-state index is 5.57. The minimum atomic E-state index is 0.297. The van der Waals surface area contributed by atoms with Gasteiger partial charge >= 0.3 is 0 Å². The van der Waals surface area contributed by atoms with E-state index in [1.165, 1.54) is 0 Å². The smallest absolute Gasteiger partial charge is 0.0621 e. The molecule has 0 saturated carbocycles. The fourth-order valence-electron chi connectivity index (χ4n) is 0.903. The van der Waals surface area contributed by atoms with Gasteiger partial charge in [-0.25, -0.2) is 0 Å². The highest BCUT2D eigenvalue weighted by Crippen LogP contribution is 2.10. The zero-order valence-electron chi connectivity index (χ0n) is 5.26. The molecule has 0 bridgehead atoms. The van der Waals surface area contributed by atoms with Crippen molar-refractivity contribution in [2.24, 2.45) is 5.73 Å². The van der Waals surface area contributed by atoms with Crippen LogP contribution < -0.4 is 5.73 Å². The number of ether oxygens (including phenoxy) is 1. The molecule has 2 nitrogen and oxygen atoms in total. The maximum Gasteiger partial charge on any atom is 0.0621 e. The predicted octanol–water partition coefficient (Wildman–Crippen LogP) is 0.513. The van der Waals surface area contributed by atoms with Crippen molar-refractivity contribution >= 4 is 0 Å². The van der Waals surface area contributed by atoms with Crippen LogP contribution in [-0.2, 0) is 4.74 Å². The van der Waals surface area contributed by atoms with Crippen LogP contribution in [0.3, 0.4) is 0 Å². The molecule has 0 spiro atoms. The molecule has 2 N–H and O–H groups in total. The summed E-state index contributed by atoms with van der Waals surface area (Å²) < 4.78 is 5.27. The zero-order valence-corrected chi connectivity index (χ0v) is 5.26. The van der Waals surface area contributed by atoms with Gasteiger partial charge in [0, 0.05) is 6.04 Å². The number of hydrogen-bond acceptors (Lipinski definition) is 2. The first-order valence-electron chi connectivity index (χ1n) is 3.16. The van der Waals surface area contributed by atoms with E-state index in [0.717, 1.165) is 19.4 Å². The van der Waals surface area contributed by atoms with Crippen LogP contribution in [0, 0.1) is 0 Å². The van der Waals surface area contributed by atoms with Crippen molar-refractivity contribution in [1.29, 1.82) is 0 Å². The summed E-state index contributed by atoms with van der Waals surface area (Å²) in [7, 11) is 0. The molecule has 0 amide bonds. The monoisotopic (exact) mass is 115 g/mol. The summed E-state index contributed by atoms with van der Waals surface area (Å²) in [5.41, 5.74) is 5.57. The summed E-state index contributed by atoms with van der Waals surface area (Å²) in [6, 6.07) is 0.297. The number of rotatable bonds is 0. The molecule has 8 heavy (non-hydrogen) atoms. The summed E-state index contributed by atoms with van der Waals surface area (Å²) in [4.78, 5) is 0. The van der Waals surface area contributed by atoms with Crippen LogP contribution in [0.5, 0.6) is 0 Å². The van der Waals surface area contributed by atoms with E-state index in [9.17, 15) is 0 Å². The second-order valence-corrected chi connectivity index (χ2v) is 2.48. The molecule has 2 heteroatoms. The van der Waals surface area contributed by atoms with Gasteiger partial charge in [0.05, 0.1) is 12.7 Å². The van der Waals surface area contributed by atoms with Gasteiger partial charge in [0.25, 0.3) is 0 Å². The quantitative estimate of drug-likeness (QED) is 0.499. The predicted molar refractivity (Wildman–Crippen MR) is 32.6 cm³/mol. The maximum absolute atomic E-state index is 5.57. The Bertz CT molecular complexity index is 56.9. The average Bonchev–Trinajstić information content (AvgIpc) is 1.77. The molecule has 2 atom stereocenters. The number of nitrogens with two attached hydrogens (primary N) is 1. The molecule has 1 fully saturated rings. The Balaban J connectivity index is 2.19. The minimum absolute atomic E-state index is 0.297. The first-order chi connectivity index (χ1) is 3.79. The lowest BCUT2D eigenvalue weighted by molar-refractivity contribution is 0.0172. The third kappa shape index (κ3) is 1.46. The Morgan fingerprint density at radius 2 is 2.25 bits per heavy atom. The summed E-state index contributed by atoms with van der Waals surface area (Å²) in [6.45, 7) is 2.84. The van der Waals surface area contributed by atoms with Gasteiger partial charge in [-0.2, -0.15) is 0 Å². The SMILES string of the molecule is CC1CCC(N)CO1. The second kappa shape index (κ2) is 2.46. The number of hydrogen-bond donors (Lipinski definition) is 1. The Morgan fingerprint density at radius 3 is 2.62 bits per heavy atom. The van der Waals surface area contributed by atoms with Crippen LogP contribution in [0.1, 0.15) is 19.8 Å². The van der Waals surface area contributed by atoms with E-state index in [1.54, 1.807) is 0 Å². The van der Waals surface area contributed by atoms with Crippen molar-refractivity contribution in [2.45, 2.75) is 31.9 Å². The average molecular weight is 115 g/mol. The lowest BCUT2D eigenvalue weighted by Crippen LogP contribution is -2.34. The van der Waals surface area contributed by atoms with Gasteiger partial charge in [0.2, 0.25) is 0 Å². The van der Waals surface area contributed by atoms with Crippen molar-refractivity contribution in [2.75, 3.05) is 6.61 Å². The summed E-state index contributed by atoms with van der Waals surface area (Å²) >= 11 is 0. The van der Waals surface area contributed by atoms with Gasteiger partial charge in [-0.15, -0.1) is 0 Å². The largest absolute Gasteiger partial charge is 0.377 e. The molecule has 48 valence electrons. The Morgan fingerprint density at radius 1 is 1.50 bits per heavy atom. The van der Waals surface area contributed by atoms with Crippen LogP contribution in [0.2, 0.25) is 0 Å². The molecule has 1 heterocycles. The molecule has 0 aromatic heterocycles. The fraction of sp³-hybridized carbons (Fsp3) is 1.00. The summed E-state index contributed by atoms with van der Waals surface area (Å²) in [5, 5.41) is 0. The van der Waals surface area contributed by atoms with Crippen LogP contribution in [-0.4, -0.2) is 18.8 Å². The highest BCUT2D eigenvalue weighted by Gasteiger charge is 2.13. The van der Waals surface area contributed by atoms with Gasteiger partial charge < -0.3 is 10.5 Å². The van der Waals surface area contributed by atoms with Crippen LogP contribution >= 0.6 is 0 Å². The molecule has 2 unspecified atom stereocenters. The van der Waals surface area contributed by atoms with E-state index in [0.29, 0.717) is 12.1 Å². The van der Waals surface area contributed by atoms with Gasteiger partial charge in [0.1, 0.15) is 0 Å². The van der Waals surface area contributed by atoms with Crippen LogP contribution in [0.15, 0.2) is 0 Å². The topological polar surface area (TPSA) is 35.2 Å². The van der Waals surface area contributed by atoms with Gasteiger partial charge in [-0.1, -0.05) is 0 Å². The molecular weight excluding hydrogens is 102 g/mol. The van der Waals surface area contributed by atoms with Gasteiger partial charge in [-0.3, -0.25) is 0 Å². The van der Waals surface area contributed by atoms with Crippen molar-refractivity contribution < 1.29 is 4.74 Å². The van der Waals surface area contributed by atoms with Crippen LogP contribution in [0.25, 0.3) is 0 Å². The fourth-order valence-corrected chi connectivity index (χ4v) is 0.903. The van der Waals surface area contributed by atoms with Crippen molar-refractivity contribution in [3.63, 3.8) is 0 Å². The molecule has 0 radical (unpaired) electrons. The lowest BCUT2D eigenvalue weighted by Gasteiger charge is -2.23. The molecule has 0 aromatic rings. The minimum Gasteiger partial charge on any atom is -0.377 e. The third-order valence-corrected chi connectivity index (χ3v) is 1.54. The normalized spacial score (nSPS) is 39.8. The van der Waals surface area contributed by atoms with Crippen molar-refractivity contribution in [3.8, 4) is 0 Å². The molecule has 1 saturated heterocycles. The zero-order chi connectivity index (χ0) is 5.98. The lowest BCUT2D eigenvalue weighted by atomic mass is 10.1. The summed E-state index contributed by atoms with van der Waals surface area (Å²) in [5.74, 6) is 0. The second-order valence-electron chi connectivity index (χ2n) is 2.48. The van der Waals surface area contributed by atoms with Crippen LogP contribution in [0.4, 0.5) is 0 Å². The van der Waals surface area contributed by atoms with Gasteiger partial charge in [-0.05, 0) is 19.8 Å². The molecule has 1 aliphatic rings. The van der Waals surface area contributed by atoms with E-state index in [-0.39, 0.29) is 0 Å². The standard InChI is InChI=1S/C6H13NO/c1-5-2-3-6(7)4-8-5/h5-6H,2-4,7H2,1H3. The molecule has 1 aliphatic heterocycles. The molecule has 0 aliphatic carbocycles. The highest BCUT2D eigenvalue weighted by molar-refractivity contribution is 4.68. The Hall–Kier alpha value is -0.0800. The first kappa shape index (κ1) is 6.05. The molecule has 0 aromatic carbocycles. The Labute approximate surface area is 50.0 Å². The molecular formula is C6H13NO. The van der Waals surface area contributed by atoms with E-state index in [1.807, 2.05) is 0 Å². The molecule has 1 rings (SSSR count). The summed E-state index contributed by atoms with van der Waals surface area (Å²) in [6.07, 6.45) is 2.69. The van der Waals surface area contributed by atoms with E-state index in [4.69, 9.17) is 10.5 Å². The van der Waals surface area contributed by atoms with E-state index in [2.05, 4.69) is 6.92 Å². The van der Waals surface area contributed by atoms with E-state index >= 15 is 0 Å². The first-order valence-corrected chi connectivity index (χ1v) is 3.16. The Kier molecular flexibility index (Phi) is 1.86.